The van der Waals surface area contributed by atoms with Gasteiger partial charge in [0, 0.05) is 29.6 Å². The first-order chi connectivity index (χ1) is 10.3. The van der Waals surface area contributed by atoms with Crippen LogP contribution in [-0.4, -0.2) is 14.9 Å². The van der Waals surface area contributed by atoms with Crippen LogP contribution in [0.4, 0.5) is 5.69 Å². The molecule has 3 aromatic rings. The highest BCUT2D eigenvalue weighted by molar-refractivity contribution is 5.73. The van der Waals surface area contributed by atoms with Crippen molar-refractivity contribution in [2.75, 3.05) is 0 Å². The van der Waals surface area contributed by atoms with Gasteiger partial charge in [0.2, 0.25) is 0 Å². The second-order valence-electron chi connectivity index (χ2n) is 4.42. The second-order valence-corrected chi connectivity index (χ2v) is 4.42. The minimum atomic E-state index is -0.419. The molecule has 0 N–H and O–H groups in total. The molecule has 0 saturated carbocycles. The zero-order valence-electron chi connectivity index (χ0n) is 11.0. The first kappa shape index (κ1) is 12.9. The van der Waals surface area contributed by atoms with Gasteiger partial charge in [0.25, 0.3) is 5.69 Å². The number of rotatable bonds is 3. The van der Waals surface area contributed by atoms with Crippen LogP contribution in [-0.2, 0) is 0 Å². The number of benzene rings is 1. The lowest BCUT2D eigenvalue weighted by Crippen LogP contribution is -1.96. The molecular weight excluding hydrogens is 266 g/mol. The van der Waals surface area contributed by atoms with Crippen molar-refractivity contribution in [3.63, 3.8) is 0 Å². The summed E-state index contributed by atoms with van der Waals surface area (Å²) in [6.07, 6.45) is 3.19. The summed E-state index contributed by atoms with van der Waals surface area (Å²) in [5.74, 6) is 0. The summed E-state index contributed by atoms with van der Waals surface area (Å²) in [6.45, 7) is 0. The van der Waals surface area contributed by atoms with Gasteiger partial charge in [-0.25, -0.2) is 4.98 Å². The molecule has 3 rings (SSSR count). The summed E-state index contributed by atoms with van der Waals surface area (Å²) in [4.78, 5) is 19.2. The molecule has 0 spiro atoms. The van der Waals surface area contributed by atoms with Gasteiger partial charge in [-0.1, -0.05) is 30.3 Å². The van der Waals surface area contributed by atoms with Crippen LogP contribution in [0.2, 0.25) is 0 Å². The van der Waals surface area contributed by atoms with E-state index in [4.69, 9.17) is 0 Å². The molecule has 0 unspecified atom stereocenters. The summed E-state index contributed by atoms with van der Waals surface area (Å²) in [7, 11) is 0. The number of hydrogen-bond acceptors (Lipinski definition) is 4. The van der Waals surface area contributed by atoms with Crippen molar-refractivity contribution in [2.45, 2.75) is 0 Å². The summed E-state index contributed by atoms with van der Waals surface area (Å²) >= 11 is 0. The molecule has 0 amide bonds. The minimum absolute atomic E-state index is 0.0131. The first-order valence-corrected chi connectivity index (χ1v) is 6.37. The number of nitrogens with zero attached hydrogens (tertiary/aromatic N) is 3. The average Bonchev–Trinajstić information content (AvgIpc) is 2.56. The van der Waals surface area contributed by atoms with E-state index >= 15 is 0 Å². The fourth-order valence-electron chi connectivity index (χ4n) is 2.09. The Hall–Kier alpha value is -3.08. The maximum Gasteiger partial charge on any atom is 0.295 e. The van der Waals surface area contributed by atoms with Crippen molar-refractivity contribution in [3.05, 3.63) is 77.1 Å². The SMILES string of the molecule is O=[N+]([O-])c1ccc(-c2ccccc2)nc1-c1ccncc1. The molecule has 102 valence electrons. The number of hydrogen-bond donors (Lipinski definition) is 0. The van der Waals surface area contributed by atoms with E-state index in [1.165, 1.54) is 6.07 Å². The standard InChI is InChI=1S/C16H11N3O2/c20-19(21)15-7-6-14(12-4-2-1-3-5-12)18-16(15)13-8-10-17-11-9-13/h1-11H. The summed E-state index contributed by atoms with van der Waals surface area (Å²) in [6, 6.07) is 16.2. The Bertz CT molecular complexity index is 774. The fraction of sp³-hybridized carbons (Fsp3) is 0. The maximum atomic E-state index is 11.2. The second kappa shape index (κ2) is 5.50. The van der Waals surface area contributed by atoms with E-state index < -0.39 is 4.92 Å². The molecular formula is C16H11N3O2. The van der Waals surface area contributed by atoms with E-state index in [-0.39, 0.29) is 5.69 Å². The van der Waals surface area contributed by atoms with E-state index in [1.54, 1.807) is 30.6 Å². The molecule has 0 aliphatic heterocycles. The van der Waals surface area contributed by atoms with Crippen molar-refractivity contribution in [1.82, 2.24) is 9.97 Å². The third-order valence-corrected chi connectivity index (χ3v) is 3.09. The molecule has 5 heteroatoms. The van der Waals surface area contributed by atoms with Crippen LogP contribution in [0.15, 0.2) is 67.0 Å². The van der Waals surface area contributed by atoms with E-state index in [0.29, 0.717) is 17.0 Å². The van der Waals surface area contributed by atoms with Crippen molar-refractivity contribution < 1.29 is 4.92 Å². The molecule has 0 aliphatic rings. The Labute approximate surface area is 121 Å². The van der Waals surface area contributed by atoms with Gasteiger partial charge in [-0.3, -0.25) is 15.1 Å². The predicted octanol–water partition coefficient (Wildman–Crippen LogP) is 3.72. The van der Waals surface area contributed by atoms with Gasteiger partial charge >= 0.3 is 0 Å². The minimum Gasteiger partial charge on any atom is -0.265 e. The van der Waals surface area contributed by atoms with Crippen LogP contribution in [0, 0.1) is 10.1 Å². The zero-order valence-corrected chi connectivity index (χ0v) is 11.0. The fourth-order valence-corrected chi connectivity index (χ4v) is 2.09. The highest BCUT2D eigenvalue weighted by Gasteiger charge is 2.18. The summed E-state index contributed by atoms with van der Waals surface area (Å²) in [5.41, 5.74) is 2.63. The Morgan fingerprint density at radius 1 is 0.857 bits per heavy atom. The largest absolute Gasteiger partial charge is 0.295 e. The highest BCUT2D eigenvalue weighted by Crippen LogP contribution is 2.30. The van der Waals surface area contributed by atoms with Crippen LogP contribution in [0.25, 0.3) is 22.5 Å². The highest BCUT2D eigenvalue weighted by atomic mass is 16.6. The third-order valence-electron chi connectivity index (χ3n) is 3.09. The van der Waals surface area contributed by atoms with Gasteiger partial charge in [-0.2, -0.15) is 0 Å². The molecule has 0 fully saturated rings. The van der Waals surface area contributed by atoms with Crippen LogP contribution in [0.3, 0.4) is 0 Å². The Morgan fingerprint density at radius 2 is 1.57 bits per heavy atom. The summed E-state index contributed by atoms with van der Waals surface area (Å²) in [5, 5.41) is 11.2. The molecule has 0 bridgehead atoms. The number of aromatic nitrogens is 2. The molecule has 0 radical (unpaired) electrons. The number of pyridine rings is 2. The van der Waals surface area contributed by atoms with Crippen LogP contribution < -0.4 is 0 Å². The van der Waals surface area contributed by atoms with Crippen LogP contribution in [0.5, 0.6) is 0 Å². The topological polar surface area (TPSA) is 68.9 Å². The Balaban J connectivity index is 2.18. The molecule has 2 heterocycles. The molecule has 5 nitrogen and oxygen atoms in total. The monoisotopic (exact) mass is 277 g/mol. The molecule has 1 aromatic carbocycles. The van der Waals surface area contributed by atoms with E-state index in [2.05, 4.69) is 9.97 Å². The predicted molar refractivity (Wildman–Crippen MR) is 79.6 cm³/mol. The first-order valence-electron chi connectivity index (χ1n) is 6.37. The molecule has 2 aromatic heterocycles. The Kier molecular flexibility index (Phi) is 3.39. The van der Waals surface area contributed by atoms with Crippen molar-refractivity contribution >= 4 is 5.69 Å². The van der Waals surface area contributed by atoms with Crippen LogP contribution in [0.1, 0.15) is 0 Å². The zero-order chi connectivity index (χ0) is 14.7. The third kappa shape index (κ3) is 2.62. The Morgan fingerprint density at radius 3 is 2.24 bits per heavy atom. The van der Waals surface area contributed by atoms with Crippen molar-refractivity contribution in [1.29, 1.82) is 0 Å². The van der Waals surface area contributed by atoms with E-state index in [1.807, 2.05) is 30.3 Å². The van der Waals surface area contributed by atoms with Crippen LogP contribution >= 0.6 is 0 Å². The lowest BCUT2D eigenvalue weighted by Gasteiger charge is -2.06. The molecule has 21 heavy (non-hydrogen) atoms. The van der Waals surface area contributed by atoms with Gasteiger partial charge in [0.05, 0.1) is 10.6 Å². The normalized spacial score (nSPS) is 10.3. The molecule has 0 aliphatic carbocycles. The van der Waals surface area contributed by atoms with Crippen molar-refractivity contribution in [3.8, 4) is 22.5 Å². The maximum absolute atomic E-state index is 11.2. The van der Waals surface area contributed by atoms with E-state index in [9.17, 15) is 10.1 Å². The van der Waals surface area contributed by atoms with Gasteiger partial charge in [-0.05, 0) is 18.2 Å². The molecule has 0 atom stereocenters. The van der Waals surface area contributed by atoms with Gasteiger partial charge in [0.1, 0.15) is 5.69 Å². The van der Waals surface area contributed by atoms with Gasteiger partial charge in [0.15, 0.2) is 0 Å². The van der Waals surface area contributed by atoms with Crippen molar-refractivity contribution in [2.24, 2.45) is 0 Å². The average molecular weight is 277 g/mol. The quantitative estimate of drug-likeness (QED) is 0.540. The van der Waals surface area contributed by atoms with E-state index in [0.717, 1.165) is 5.56 Å². The van der Waals surface area contributed by atoms with Gasteiger partial charge < -0.3 is 0 Å². The number of nitro groups is 1. The lowest BCUT2D eigenvalue weighted by atomic mass is 10.1. The summed E-state index contributed by atoms with van der Waals surface area (Å²) < 4.78 is 0. The smallest absolute Gasteiger partial charge is 0.265 e. The lowest BCUT2D eigenvalue weighted by molar-refractivity contribution is -0.384. The molecule has 0 saturated heterocycles. The van der Waals surface area contributed by atoms with Gasteiger partial charge in [-0.15, -0.1) is 0 Å².